The molecule has 98 valence electrons. The number of fused-ring (bicyclic) bond motifs is 2. The van der Waals surface area contributed by atoms with E-state index in [1.54, 1.807) is 0 Å². The lowest BCUT2D eigenvalue weighted by atomic mass is 9.95. The highest BCUT2D eigenvalue weighted by Gasteiger charge is 2.42. The summed E-state index contributed by atoms with van der Waals surface area (Å²) >= 11 is 0. The summed E-state index contributed by atoms with van der Waals surface area (Å²) in [5, 5.41) is 0. The van der Waals surface area contributed by atoms with Crippen molar-refractivity contribution in [2.75, 3.05) is 19.6 Å². The first-order chi connectivity index (χ1) is 8.86. The number of hydrogen-bond acceptors (Lipinski definition) is 3. The minimum absolute atomic E-state index is 0.487. The molecule has 2 heterocycles. The molecule has 3 rings (SSSR count). The van der Waals surface area contributed by atoms with Gasteiger partial charge in [0, 0.05) is 25.5 Å². The number of nitrogens with zero attached hydrogens (tertiary/aromatic N) is 2. The van der Waals surface area contributed by atoms with Gasteiger partial charge in [-0.2, -0.15) is 0 Å². The van der Waals surface area contributed by atoms with Gasteiger partial charge in [0.25, 0.3) is 0 Å². The van der Waals surface area contributed by atoms with Crippen molar-refractivity contribution >= 4 is 0 Å². The summed E-state index contributed by atoms with van der Waals surface area (Å²) in [4.78, 5) is 6.62. The van der Waals surface area contributed by atoms with Crippen LogP contribution >= 0.6 is 0 Å². The zero-order chi connectivity index (χ0) is 12.4. The summed E-state index contributed by atoms with van der Waals surface area (Å²) in [5.74, 6) is 1.51. The average Bonchev–Trinajstić information content (AvgIpc) is 2.66. The second-order valence-corrected chi connectivity index (χ2v) is 5.58. The zero-order valence-corrected chi connectivity index (χ0v) is 11.1. The van der Waals surface area contributed by atoms with E-state index in [-0.39, 0.29) is 0 Å². The van der Waals surface area contributed by atoms with E-state index in [0.717, 1.165) is 18.4 Å². The Balaban J connectivity index is 1.58. The lowest BCUT2D eigenvalue weighted by Gasteiger charge is -2.37. The molecule has 3 nitrogen and oxygen atoms in total. The molecule has 1 aliphatic carbocycles. The van der Waals surface area contributed by atoms with E-state index in [9.17, 15) is 0 Å². The summed E-state index contributed by atoms with van der Waals surface area (Å²) in [5.41, 5.74) is 1.24. The van der Waals surface area contributed by atoms with Crippen LogP contribution in [0.1, 0.15) is 25.3 Å². The van der Waals surface area contributed by atoms with Crippen LogP contribution in [0.4, 0.5) is 0 Å². The Morgan fingerprint density at radius 3 is 2.50 bits per heavy atom. The molecule has 0 aromatic carbocycles. The van der Waals surface area contributed by atoms with E-state index in [1.165, 1.54) is 38.0 Å². The predicted octanol–water partition coefficient (Wildman–Crippen LogP) is 2.33. The highest BCUT2D eigenvalue weighted by molar-refractivity contribution is 5.08. The molecule has 1 saturated heterocycles. The van der Waals surface area contributed by atoms with Gasteiger partial charge in [-0.1, -0.05) is 6.92 Å². The molecule has 3 atom stereocenters. The highest BCUT2D eigenvalue weighted by atomic mass is 16.5. The first-order valence-electron chi connectivity index (χ1n) is 7.09. The number of piperidine rings is 1. The van der Waals surface area contributed by atoms with Crippen molar-refractivity contribution in [3.05, 3.63) is 30.1 Å². The van der Waals surface area contributed by atoms with Gasteiger partial charge in [0.2, 0.25) is 0 Å². The lowest BCUT2D eigenvalue weighted by Crippen LogP contribution is -2.45. The average molecular weight is 246 g/mol. The van der Waals surface area contributed by atoms with Gasteiger partial charge < -0.3 is 9.64 Å². The monoisotopic (exact) mass is 246 g/mol. The number of aromatic nitrogens is 1. The van der Waals surface area contributed by atoms with Crippen molar-refractivity contribution in [1.29, 1.82) is 0 Å². The van der Waals surface area contributed by atoms with Gasteiger partial charge in [-0.25, -0.2) is 0 Å². The molecule has 1 saturated carbocycles. The van der Waals surface area contributed by atoms with Gasteiger partial charge in [0.15, 0.2) is 0 Å². The Morgan fingerprint density at radius 2 is 1.89 bits per heavy atom. The summed E-state index contributed by atoms with van der Waals surface area (Å²) in [7, 11) is 0. The second kappa shape index (κ2) is 5.37. The molecule has 2 bridgehead atoms. The van der Waals surface area contributed by atoms with Crippen LogP contribution in [0.25, 0.3) is 0 Å². The van der Waals surface area contributed by atoms with Crippen molar-refractivity contribution in [3.63, 3.8) is 0 Å². The van der Waals surface area contributed by atoms with Crippen molar-refractivity contribution < 1.29 is 4.74 Å². The smallest absolute Gasteiger partial charge is 0.0722 e. The quantitative estimate of drug-likeness (QED) is 0.815. The SMILES string of the molecule is CCN1C[C@H]2CC[C@@H](C1)[C@H]2OCc1ccncc1. The maximum atomic E-state index is 6.19. The third kappa shape index (κ3) is 2.43. The Kier molecular flexibility index (Phi) is 3.62. The minimum atomic E-state index is 0.487. The Labute approximate surface area is 109 Å². The van der Waals surface area contributed by atoms with Crippen LogP contribution in [0.2, 0.25) is 0 Å². The highest BCUT2D eigenvalue weighted by Crippen LogP contribution is 2.39. The summed E-state index contributed by atoms with van der Waals surface area (Å²) < 4.78 is 6.19. The zero-order valence-electron chi connectivity index (χ0n) is 11.1. The summed E-state index contributed by atoms with van der Waals surface area (Å²) in [6.07, 6.45) is 6.87. The van der Waals surface area contributed by atoms with Crippen LogP contribution in [0.3, 0.4) is 0 Å². The Bertz CT molecular complexity index is 367. The largest absolute Gasteiger partial charge is 0.373 e. The van der Waals surface area contributed by atoms with Gasteiger partial charge in [-0.15, -0.1) is 0 Å². The van der Waals surface area contributed by atoms with Gasteiger partial charge in [0.05, 0.1) is 12.7 Å². The van der Waals surface area contributed by atoms with E-state index < -0.39 is 0 Å². The molecule has 3 heteroatoms. The molecule has 1 aromatic heterocycles. The van der Waals surface area contributed by atoms with Crippen LogP contribution in [-0.4, -0.2) is 35.6 Å². The van der Waals surface area contributed by atoms with E-state index in [1.807, 2.05) is 24.5 Å². The fraction of sp³-hybridized carbons (Fsp3) is 0.667. The minimum Gasteiger partial charge on any atom is -0.373 e. The summed E-state index contributed by atoms with van der Waals surface area (Å²) in [6, 6.07) is 4.09. The summed E-state index contributed by atoms with van der Waals surface area (Å²) in [6.45, 7) is 6.65. The third-order valence-corrected chi connectivity index (χ3v) is 4.46. The van der Waals surface area contributed by atoms with Crippen molar-refractivity contribution in [2.24, 2.45) is 11.8 Å². The number of rotatable bonds is 4. The Morgan fingerprint density at radius 1 is 1.22 bits per heavy atom. The maximum absolute atomic E-state index is 6.19. The van der Waals surface area contributed by atoms with E-state index >= 15 is 0 Å². The number of hydrogen-bond donors (Lipinski definition) is 0. The first kappa shape index (κ1) is 12.1. The number of ether oxygens (including phenoxy) is 1. The van der Waals surface area contributed by atoms with Gasteiger partial charge in [0.1, 0.15) is 0 Å². The van der Waals surface area contributed by atoms with E-state index in [2.05, 4.69) is 16.8 Å². The molecule has 2 aliphatic rings. The van der Waals surface area contributed by atoms with Crippen LogP contribution in [0.5, 0.6) is 0 Å². The van der Waals surface area contributed by atoms with E-state index in [4.69, 9.17) is 4.74 Å². The number of pyridine rings is 1. The van der Waals surface area contributed by atoms with Crippen molar-refractivity contribution in [3.8, 4) is 0 Å². The molecule has 18 heavy (non-hydrogen) atoms. The fourth-order valence-electron chi connectivity index (χ4n) is 3.47. The topological polar surface area (TPSA) is 25.4 Å². The molecular weight excluding hydrogens is 224 g/mol. The van der Waals surface area contributed by atoms with Crippen molar-refractivity contribution in [1.82, 2.24) is 9.88 Å². The third-order valence-electron chi connectivity index (χ3n) is 4.46. The van der Waals surface area contributed by atoms with Gasteiger partial charge in [-0.3, -0.25) is 4.98 Å². The molecule has 0 amide bonds. The molecule has 0 N–H and O–H groups in total. The van der Waals surface area contributed by atoms with Crippen molar-refractivity contribution in [2.45, 2.75) is 32.5 Å². The van der Waals surface area contributed by atoms with Crippen LogP contribution in [0, 0.1) is 11.8 Å². The standard InChI is InChI=1S/C15H22N2O/c1-2-17-9-13-3-4-14(10-17)15(13)18-11-12-5-7-16-8-6-12/h5-8,13-15H,2-4,9-11H2,1H3/t13-,14+,15+. The first-order valence-corrected chi connectivity index (χ1v) is 7.09. The van der Waals surface area contributed by atoms with Gasteiger partial charge >= 0.3 is 0 Å². The molecule has 0 unspecified atom stereocenters. The van der Waals surface area contributed by atoms with Gasteiger partial charge in [-0.05, 0) is 48.9 Å². The molecule has 1 aromatic rings. The molecule has 2 fully saturated rings. The maximum Gasteiger partial charge on any atom is 0.0722 e. The second-order valence-electron chi connectivity index (χ2n) is 5.58. The molecular formula is C15H22N2O. The fourth-order valence-corrected chi connectivity index (χ4v) is 3.47. The van der Waals surface area contributed by atoms with Crippen LogP contribution < -0.4 is 0 Å². The molecule has 0 spiro atoms. The Hall–Kier alpha value is -0.930. The predicted molar refractivity (Wildman–Crippen MR) is 71.1 cm³/mol. The lowest BCUT2D eigenvalue weighted by molar-refractivity contribution is -0.0498. The molecule has 1 aliphatic heterocycles. The molecule has 0 radical (unpaired) electrons. The number of likely N-dealkylation sites (tertiary alicyclic amines) is 1. The van der Waals surface area contributed by atoms with Crippen LogP contribution in [-0.2, 0) is 11.3 Å². The normalized spacial score (nSPS) is 31.7. The van der Waals surface area contributed by atoms with Crippen LogP contribution in [0.15, 0.2) is 24.5 Å². The van der Waals surface area contributed by atoms with E-state index in [0.29, 0.717) is 6.10 Å².